The first-order chi connectivity index (χ1) is 19.4. The first-order valence-electron chi connectivity index (χ1n) is 12.6. The van der Waals surface area contributed by atoms with Gasteiger partial charge in [0.1, 0.15) is 12.7 Å². The summed E-state index contributed by atoms with van der Waals surface area (Å²) in [7, 11) is 1.31. The van der Waals surface area contributed by atoms with Crippen LogP contribution in [0.5, 0.6) is 11.5 Å². The number of amides is 1. The maximum absolute atomic E-state index is 12.9. The maximum Gasteiger partial charge on any atom is 0.303 e. The zero-order valence-corrected chi connectivity index (χ0v) is 23.4. The number of ether oxygens (including phenoxy) is 7. The summed E-state index contributed by atoms with van der Waals surface area (Å²) in [5, 5.41) is 18.5. The number of esters is 4. The summed E-state index contributed by atoms with van der Waals surface area (Å²) >= 11 is 0. The molecular weight excluding hydrogens is 550 g/mol. The second-order valence-corrected chi connectivity index (χ2v) is 8.79. The van der Waals surface area contributed by atoms with Crippen LogP contribution in [0.25, 0.3) is 0 Å². The summed E-state index contributed by atoms with van der Waals surface area (Å²) in [4.78, 5) is 61.6. The highest BCUT2D eigenvalue weighted by Crippen LogP contribution is 2.35. The monoisotopic (exact) mass is 585 g/mol. The quantitative estimate of drug-likeness (QED) is 0.224. The second kappa shape index (κ2) is 15.7. The minimum Gasteiger partial charge on any atom is -0.493 e. The van der Waals surface area contributed by atoms with Crippen molar-refractivity contribution in [3.8, 4) is 11.5 Å². The lowest BCUT2D eigenvalue weighted by Gasteiger charge is -2.44. The summed E-state index contributed by atoms with van der Waals surface area (Å²) in [6, 6.07) is 4.12. The molecule has 1 aliphatic rings. The third-order valence-corrected chi connectivity index (χ3v) is 5.63. The minimum atomic E-state index is -1.51. The third-order valence-electron chi connectivity index (χ3n) is 5.63. The molecule has 1 fully saturated rings. The zero-order valence-electron chi connectivity index (χ0n) is 23.4. The van der Waals surface area contributed by atoms with Crippen molar-refractivity contribution < 1.29 is 67.3 Å². The number of benzene rings is 1. The fraction of sp³-hybridized carbons (Fsp3) is 0.577. The molecule has 0 aliphatic carbocycles. The number of aliphatic hydroxyl groups excluding tert-OH is 2. The molecule has 1 aromatic carbocycles. The number of carbonyl (C=O) groups excluding carboxylic acids is 5. The van der Waals surface area contributed by atoms with Crippen molar-refractivity contribution in [1.29, 1.82) is 0 Å². The third kappa shape index (κ3) is 9.58. The number of carbonyl (C=O) groups is 5. The number of hydrogen-bond donors (Lipinski definition) is 2. The second-order valence-electron chi connectivity index (χ2n) is 8.79. The van der Waals surface area contributed by atoms with E-state index in [9.17, 15) is 34.2 Å². The van der Waals surface area contributed by atoms with Crippen molar-refractivity contribution in [1.82, 2.24) is 4.90 Å². The van der Waals surface area contributed by atoms with Gasteiger partial charge in [-0.05, 0) is 18.2 Å². The van der Waals surface area contributed by atoms with Gasteiger partial charge in [0.05, 0.1) is 20.3 Å². The standard InChI is InChI=1S/C26H35NO14/c1-14(30)36-13-21-22(37-15(2)31)23(38-16(3)32)24(39-17(4)33)26(41-21)40-19-7-6-18(12-20(19)35-5)25(34)27(8-10-28)9-11-29/h6-7,12,21-24,26,28-29H,8-11,13H2,1-5H3. The van der Waals surface area contributed by atoms with Crippen molar-refractivity contribution >= 4 is 29.8 Å². The highest BCUT2D eigenvalue weighted by atomic mass is 16.7. The molecule has 5 atom stereocenters. The van der Waals surface area contributed by atoms with Gasteiger partial charge in [-0.2, -0.15) is 0 Å². The molecule has 228 valence electrons. The van der Waals surface area contributed by atoms with E-state index in [0.717, 1.165) is 27.7 Å². The van der Waals surface area contributed by atoms with Crippen LogP contribution in [0.3, 0.4) is 0 Å². The van der Waals surface area contributed by atoms with Crippen LogP contribution in [0.15, 0.2) is 18.2 Å². The first kappa shape index (κ1) is 33.3. The van der Waals surface area contributed by atoms with E-state index in [4.69, 9.17) is 33.2 Å². The number of rotatable bonds is 13. The molecule has 1 heterocycles. The fourth-order valence-electron chi connectivity index (χ4n) is 4.05. The van der Waals surface area contributed by atoms with Gasteiger partial charge in [0.25, 0.3) is 5.91 Å². The molecule has 0 saturated carbocycles. The summed E-state index contributed by atoms with van der Waals surface area (Å²) in [6.45, 7) is 3.37. The summed E-state index contributed by atoms with van der Waals surface area (Å²) in [5.41, 5.74) is 0.151. The van der Waals surface area contributed by atoms with Crippen molar-refractivity contribution in [2.24, 2.45) is 0 Å². The average Bonchev–Trinajstić information content (AvgIpc) is 2.89. The van der Waals surface area contributed by atoms with Crippen molar-refractivity contribution in [2.75, 3.05) is 40.0 Å². The van der Waals surface area contributed by atoms with Gasteiger partial charge in [0.15, 0.2) is 23.7 Å². The molecule has 0 spiro atoms. The van der Waals surface area contributed by atoms with Crippen LogP contribution in [0, 0.1) is 0 Å². The van der Waals surface area contributed by atoms with Gasteiger partial charge in [0, 0.05) is 46.3 Å². The first-order valence-corrected chi connectivity index (χ1v) is 12.6. The highest BCUT2D eigenvalue weighted by molar-refractivity contribution is 5.95. The van der Waals surface area contributed by atoms with E-state index >= 15 is 0 Å². The van der Waals surface area contributed by atoms with Crippen LogP contribution >= 0.6 is 0 Å². The molecule has 0 radical (unpaired) electrons. The predicted molar refractivity (Wildman–Crippen MR) is 136 cm³/mol. The molecule has 2 rings (SSSR count). The van der Waals surface area contributed by atoms with Crippen molar-refractivity contribution in [3.05, 3.63) is 23.8 Å². The van der Waals surface area contributed by atoms with Crippen molar-refractivity contribution in [2.45, 2.75) is 58.4 Å². The topological polar surface area (TPSA) is 194 Å². The van der Waals surface area contributed by atoms with E-state index in [0.29, 0.717) is 0 Å². The zero-order chi connectivity index (χ0) is 30.7. The normalized spacial score (nSPS) is 21.7. The van der Waals surface area contributed by atoms with Crippen LogP contribution in [0.2, 0.25) is 0 Å². The summed E-state index contributed by atoms with van der Waals surface area (Å²) in [5.74, 6) is -3.47. The van der Waals surface area contributed by atoms with Gasteiger partial charge in [-0.25, -0.2) is 0 Å². The number of aliphatic hydroxyl groups is 2. The molecule has 15 nitrogen and oxygen atoms in total. The Morgan fingerprint density at radius 3 is 1.88 bits per heavy atom. The van der Waals surface area contributed by atoms with E-state index in [-0.39, 0.29) is 43.4 Å². The lowest BCUT2D eigenvalue weighted by molar-refractivity contribution is -0.288. The fourth-order valence-corrected chi connectivity index (χ4v) is 4.05. The van der Waals surface area contributed by atoms with Gasteiger partial charge >= 0.3 is 23.9 Å². The van der Waals surface area contributed by atoms with E-state index < -0.39 is 67.1 Å². The molecular formula is C26H35NO14. The van der Waals surface area contributed by atoms with Gasteiger partial charge in [-0.15, -0.1) is 0 Å². The Labute approximate surface area is 236 Å². The molecule has 1 aromatic rings. The molecule has 0 bridgehead atoms. The Morgan fingerprint density at radius 2 is 1.37 bits per heavy atom. The lowest BCUT2D eigenvalue weighted by atomic mass is 9.98. The largest absolute Gasteiger partial charge is 0.493 e. The maximum atomic E-state index is 12.9. The molecule has 1 saturated heterocycles. The van der Waals surface area contributed by atoms with Crippen LogP contribution in [0.1, 0.15) is 38.1 Å². The molecule has 1 aliphatic heterocycles. The molecule has 41 heavy (non-hydrogen) atoms. The molecule has 2 N–H and O–H groups in total. The predicted octanol–water partition coefficient (Wildman–Crippen LogP) is -0.416. The summed E-state index contributed by atoms with van der Waals surface area (Å²) in [6.07, 6.45) is -6.99. The number of nitrogens with zero attached hydrogens (tertiary/aromatic N) is 1. The minimum absolute atomic E-state index is 0.00923. The average molecular weight is 586 g/mol. The SMILES string of the molecule is COc1cc(C(=O)N(CCO)CCO)ccc1OC1OC(COC(C)=O)C(OC(C)=O)C(OC(C)=O)C1OC(C)=O. The highest BCUT2D eigenvalue weighted by Gasteiger charge is 2.53. The number of hydrogen-bond acceptors (Lipinski definition) is 14. The van der Waals surface area contributed by atoms with Gasteiger partial charge < -0.3 is 48.3 Å². The Balaban J connectivity index is 2.50. The smallest absolute Gasteiger partial charge is 0.303 e. The van der Waals surface area contributed by atoms with E-state index in [1.165, 1.54) is 30.2 Å². The number of methoxy groups -OCH3 is 1. The summed E-state index contributed by atoms with van der Waals surface area (Å²) < 4.78 is 38.4. The Morgan fingerprint density at radius 1 is 0.805 bits per heavy atom. The Hall–Kier alpha value is -3.95. The van der Waals surface area contributed by atoms with Crippen LogP contribution in [0.4, 0.5) is 0 Å². The molecule has 5 unspecified atom stereocenters. The Bertz CT molecular complexity index is 1090. The van der Waals surface area contributed by atoms with Crippen LogP contribution in [-0.4, -0.2) is 116 Å². The van der Waals surface area contributed by atoms with Crippen LogP contribution < -0.4 is 9.47 Å². The molecule has 1 amide bonds. The lowest BCUT2D eigenvalue weighted by Crippen LogP contribution is -2.63. The molecule has 15 heteroatoms. The van der Waals surface area contributed by atoms with Crippen molar-refractivity contribution in [3.63, 3.8) is 0 Å². The van der Waals surface area contributed by atoms with E-state index in [1.807, 2.05) is 0 Å². The molecule has 0 aromatic heterocycles. The van der Waals surface area contributed by atoms with Gasteiger partial charge in [-0.1, -0.05) is 0 Å². The Kier molecular flexibility index (Phi) is 12.8. The van der Waals surface area contributed by atoms with Gasteiger partial charge in [0.2, 0.25) is 12.4 Å². The van der Waals surface area contributed by atoms with E-state index in [2.05, 4.69) is 0 Å². The van der Waals surface area contributed by atoms with Crippen LogP contribution in [-0.2, 0) is 42.9 Å². The van der Waals surface area contributed by atoms with Gasteiger partial charge in [-0.3, -0.25) is 24.0 Å². The van der Waals surface area contributed by atoms with E-state index in [1.54, 1.807) is 0 Å².